The van der Waals surface area contributed by atoms with Crippen molar-refractivity contribution in [1.82, 2.24) is 0 Å². The van der Waals surface area contributed by atoms with Crippen molar-refractivity contribution in [3.8, 4) is 0 Å². The largest absolute Gasteiger partial charge is 0.384 e. The van der Waals surface area contributed by atoms with Crippen molar-refractivity contribution in [2.24, 2.45) is 0 Å². The lowest BCUT2D eigenvalue weighted by Gasteiger charge is -2.09. The van der Waals surface area contributed by atoms with Gasteiger partial charge in [-0.3, -0.25) is 4.79 Å². The lowest BCUT2D eigenvalue weighted by Crippen LogP contribution is -2.14. The summed E-state index contributed by atoms with van der Waals surface area (Å²) in [6.07, 6.45) is 0. The molecule has 0 saturated heterocycles. The lowest BCUT2D eigenvalue weighted by molar-refractivity contribution is 0.0994. The molecule has 0 heterocycles. The fraction of sp³-hybridized carbons (Fsp3) is 0.417. The molecule has 0 aliphatic heterocycles. The van der Waals surface area contributed by atoms with Crippen molar-refractivity contribution < 1.29 is 9.53 Å². The third-order valence-electron chi connectivity index (χ3n) is 2.15. The van der Waals surface area contributed by atoms with E-state index in [0.29, 0.717) is 17.2 Å². The summed E-state index contributed by atoms with van der Waals surface area (Å²) >= 11 is 7.37. The third-order valence-corrected chi connectivity index (χ3v) is 3.52. The highest BCUT2D eigenvalue weighted by atomic mass is 35.5. The molecule has 1 rings (SSSR count). The van der Waals surface area contributed by atoms with E-state index >= 15 is 0 Å². The second kappa shape index (κ2) is 6.94. The van der Waals surface area contributed by atoms with Crippen molar-refractivity contribution >= 4 is 29.1 Å². The molecular formula is C12H15ClO2S. The molecule has 88 valence electrons. The molecule has 0 bridgehead atoms. The van der Waals surface area contributed by atoms with Gasteiger partial charge in [0.1, 0.15) is 0 Å². The highest BCUT2D eigenvalue weighted by molar-refractivity contribution is 8.00. The van der Waals surface area contributed by atoms with Crippen LogP contribution in [0.5, 0.6) is 0 Å². The summed E-state index contributed by atoms with van der Waals surface area (Å²) in [5, 5.41) is 0.604. The van der Waals surface area contributed by atoms with Gasteiger partial charge < -0.3 is 4.74 Å². The van der Waals surface area contributed by atoms with Gasteiger partial charge in [0, 0.05) is 23.4 Å². The van der Waals surface area contributed by atoms with Gasteiger partial charge in [-0.2, -0.15) is 0 Å². The van der Waals surface area contributed by atoms with E-state index in [1.54, 1.807) is 43.1 Å². The van der Waals surface area contributed by atoms with E-state index in [-0.39, 0.29) is 11.0 Å². The Morgan fingerprint density at radius 2 is 2.06 bits per heavy atom. The molecule has 0 saturated carbocycles. The van der Waals surface area contributed by atoms with E-state index < -0.39 is 0 Å². The Hall–Kier alpha value is -0.510. The SMILES string of the molecule is COCCSC(C)C(=O)c1ccc(Cl)cc1. The van der Waals surface area contributed by atoms with E-state index in [0.717, 1.165) is 5.75 Å². The second-order valence-electron chi connectivity index (χ2n) is 3.38. The van der Waals surface area contributed by atoms with Crippen LogP contribution in [0.1, 0.15) is 17.3 Å². The fourth-order valence-corrected chi connectivity index (χ4v) is 2.26. The molecule has 1 aromatic rings. The summed E-state index contributed by atoms with van der Waals surface area (Å²) in [4.78, 5) is 11.9. The zero-order chi connectivity index (χ0) is 12.0. The van der Waals surface area contributed by atoms with Crippen LogP contribution in [0.3, 0.4) is 0 Å². The molecule has 1 atom stereocenters. The summed E-state index contributed by atoms with van der Waals surface area (Å²) in [6, 6.07) is 7.00. The molecule has 0 N–H and O–H groups in total. The minimum atomic E-state index is -0.0451. The molecule has 0 aliphatic carbocycles. The highest BCUT2D eigenvalue weighted by Crippen LogP contribution is 2.17. The van der Waals surface area contributed by atoms with E-state index in [2.05, 4.69) is 0 Å². The monoisotopic (exact) mass is 258 g/mol. The van der Waals surface area contributed by atoms with Crippen LogP contribution in [0.25, 0.3) is 0 Å². The number of methoxy groups -OCH3 is 1. The summed E-state index contributed by atoms with van der Waals surface area (Å²) in [7, 11) is 1.66. The van der Waals surface area contributed by atoms with Crippen LogP contribution < -0.4 is 0 Å². The van der Waals surface area contributed by atoms with Crippen molar-refractivity contribution in [1.29, 1.82) is 0 Å². The highest BCUT2D eigenvalue weighted by Gasteiger charge is 2.14. The molecule has 4 heteroatoms. The Bertz CT molecular complexity index is 337. The number of thioether (sulfide) groups is 1. The molecule has 0 radical (unpaired) electrons. The Morgan fingerprint density at radius 3 is 2.62 bits per heavy atom. The molecular weight excluding hydrogens is 244 g/mol. The molecule has 16 heavy (non-hydrogen) atoms. The van der Waals surface area contributed by atoms with Crippen LogP contribution in [0.2, 0.25) is 5.02 Å². The lowest BCUT2D eigenvalue weighted by atomic mass is 10.1. The predicted molar refractivity (Wildman–Crippen MR) is 69.6 cm³/mol. The van der Waals surface area contributed by atoms with Gasteiger partial charge in [0.25, 0.3) is 0 Å². The van der Waals surface area contributed by atoms with Crippen LogP contribution in [-0.2, 0) is 4.74 Å². The number of halogens is 1. The standard InChI is InChI=1S/C12H15ClO2S/c1-9(16-8-7-15-2)12(14)10-3-5-11(13)6-4-10/h3-6,9H,7-8H2,1-2H3. The molecule has 0 amide bonds. The van der Waals surface area contributed by atoms with Gasteiger partial charge >= 0.3 is 0 Å². The Balaban J connectivity index is 2.53. The van der Waals surface area contributed by atoms with Gasteiger partial charge in [-0.1, -0.05) is 11.6 Å². The number of ketones is 1. The van der Waals surface area contributed by atoms with Crippen LogP contribution in [0.15, 0.2) is 24.3 Å². The third kappa shape index (κ3) is 4.16. The zero-order valence-electron chi connectivity index (χ0n) is 9.40. The number of Topliss-reactive ketones (excluding diaryl/α,β-unsaturated/α-hetero) is 1. The van der Waals surface area contributed by atoms with Crippen molar-refractivity contribution in [3.63, 3.8) is 0 Å². The van der Waals surface area contributed by atoms with E-state index in [1.807, 2.05) is 6.92 Å². The van der Waals surface area contributed by atoms with E-state index in [1.165, 1.54) is 0 Å². The Kier molecular flexibility index (Phi) is 5.88. The first-order chi connectivity index (χ1) is 7.65. The molecule has 0 fully saturated rings. The number of rotatable bonds is 6. The molecule has 0 aliphatic rings. The van der Waals surface area contributed by atoms with Gasteiger partial charge in [-0.15, -0.1) is 11.8 Å². The topological polar surface area (TPSA) is 26.3 Å². The maximum Gasteiger partial charge on any atom is 0.175 e. The van der Waals surface area contributed by atoms with Gasteiger partial charge in [0.05, 0.1) is 11.9 Å². The van der Waals surface area contributed by atoms with Gasteiger partial charge in [0.15, 0.2) is 5.78 Å². The van der Waals surface area contributed by atoms with E-state index in [9.17, 15) is 4.79 Å². The van der Waals surface area contributed by atoms with Gasteiger partial charge in [-0.05, 0) is 31.2 Å². The maximum atomic E-state index is 11.9. The average Bonchev–Trinajstić information content (AvgIpc) is 2.29. The maximum absolute atomic E-state index is 11.9. The molecule has 2 nitrogen and oxygen atoms in total. The number of hydrogen-bond donors (Lipinski definition) is 0. The average molecular weight is 259 g/mol. The normalized spacial score (nSPS) is 12.4. The summed E-state index contributed by atoms with van der Waals surface area (Å²) in [6.45, 7) is 2.58. The Morgan fingerprint density at radius 1 is 1.44 bits per heavy atom. The minimum Gasteiger partial charge on any atom is -0.384 e. The van der Waals surface area contributed by atoms with Crippen LogP contribution >= 0.6 is 23.4 Å². The van der Waals surface area contributed by atoms with Gasteiger partial charge in [0.2, 0.25) is 0 Å². The molecule has 1 unspecified atom stereocenters. The van der Waals surface area contributed by atoms with Crippen LogP contribution in [0.4, 0.5) is 0 Å². The molecule has 1 aromatic carbocycles. The number of ether oxygens (including phenoxy) is 1. The number of benzene rings is 1. The molecule has 0 aromatic heterocycles. The first-order valence-corrected chi connectivity index (χ1v) is 6.48. The first kappa shape index (κ1) is 13.6. The van der Waals surface area contributed by atoms with Crippen LogP contribution in [-0.4, -0.2) is 30.5 Å². The summed E-state index contributed by atoms with van der Waals surface area (Å²) in [5.74, 6) is 0.967. The fourth-order valence-electron chi connectivity index (χ4n) is 1.23. The quantitative estimate of drug-likeness (QED) is 0.579. The number of carbonyl (C=O) groups is 1. The van der Waals surface area contributed by atoms with Crippen molar-refractivity contribution in [2.75, 3.05) is 19.5 Å². The van der Waals surface area contributed by atoms with E-state index in [4.69, 9.17) is 16.3 Å². The zero-order valence-corrected chi connectivity index (χ0v) is 11.0. The summed E-state index contributed by atoms with van der Waals surface area (Å²) in [5.41, 5.74) is 0.710. The number of carbonyl (C=O) groups excluding carboxylic acids is 1. The van der Waals surface area contributed by atoms with Crippen molar-refractivity contribution in [2.45, 2.75) is 12.2 Å². The predicted octanol–water partition coefficient (Wildman–Crippen LogP) is 3.29. The van der Waals surface area contributed by atoms with Crippen LogP contribution in [0, 0.1) is 0 Å². The van der Waals surface area contributed by atoms with Gasteiger partial charge in [-0.25, -0.2) is 0 Å². The minimum absolute atomic E-state index is 0.0451. The Labute approximate surface area is 105 Å². The number of hydrogen-bond acceptors (Lipinski definition) is 3. The molecule has 0 spiro atoms. The summed E-state index contributed by atoms with van der Waals surface area (Å²) < 4.78 is 4.94. The first-order valence-electron chi connectivity index (χ1n) is 5.05. The second-order valence-corrected chi connectivity index (χ2v) is 5.26. The van der Waals surface area contributed by atoms with Crippen molar-refractivity contribution in [3.05, 3.63) is 34.9 Å². The smallest absolute Gasteiger partial charge is 0.175 e.